The van der Waals surface area contributed by atoms with E-state index in [0.717, 1.165) is 21.6 Å². The van der Waals surface area contributed by atoms with Crippen LogP contribution in [0.15, 0.2) is 94.3 Å². The van der Waals surface area contributed by atoms with E-state index in [1.54, 1.807) is 12.1 Å². The summed E-state index contributed by atoms with van der Waals surface area (Å²) in [6, 6.07) is 21.7. The molecule has 1 aromatic heterocycles. The Kier molecular flexibility index (Phi) is 6.90. The van der Waals surface area contributed by atoms with Gasteiger partial charge in [-0.05, 0) is 78.9 Å². The lowest BCUT2D eigenvalue weighted by molar-refractivity contribution is 0.0734. The van der Waals surface area contributed by atoms with Crippen molar-refractivity contribution in [2.75, 3.05) is 4.90 Å². The predicted molar refractivity (Wildman–Crippen MR) is 162 cm³/mol. The monoisotopic (exact) mass is 573 g/mol. The molecule has 6 rings (SSSR count). The molecular formula is C35H27NO7. The molecule has 8 heteroatoms. The van der Waals surface area contributed by atoms with Crippen molar-refractivity contribution in [3.63, 3.8) is 0 Å². The summed E-state index contributed by atoms with van der Waals surface area (Å²) in [5.41, 5.74) is 3.42. The van der Waals surface area contributed by atoms with Gasteiger partial charge in [0.1, 0.15) is 23.3 Å². The third kappa shape index (κ3) is 4.97. The third-order valence-electron chi connectivity index (χ3n) is 7.41. The van der Waals surface area contributed by atoms with Crippen LogP contribution in [0.25, 0.3) is 11.0 Å². The Morgan fingerprint density at radius 2 is 1.58 bits per heavy atom. The number of esters is 1. The molecule has 1 aliphatic heterocycles. The molecule has 0 fully saturated rings. The molecule has 43 heavy (non-hydrogen) atoms. The van der Waals surface area contributed by atoms with E-state index in [2.05, 4.69) is 0 Å². The van der Waals surface area contributed by atoms with Crippen LogP contribution in [0.1, 0.15) is 67.5 Å². The number of amides is 2. The SMILES string of the molecule is Cc1ccc(C)c(N2C(=O)c3ccc(C(=O)Oc4ccc5c(=O)c(Oc6ccccc6C(C)C)coc5c4)cc3C2=O)c1. The number of nitrogens with zero attached hydrogens (tertiary/aromatic N) is 1. The van der Waals surface area contributed by atoms with Crippen LogP contribution in [0.3, 0.4) is 0 Å². The van der Waals surface area contributed by atoms with E-state index < -0.39 is 17.8 Å². The number of hydrogen-bond acceptors (Lipinski definition) is 7. The van der Waals surface area contributed by atoms with Crippen molar-refractivity contribution in [1.29, 1.82) is 0 Å². The van der Waals surface area contributed by atoms with Gasteiger partial charge in [-0.2, -0.15) is 0 Å². The number of fused-ring (bicyclic) bond motifs is 2. The minimum absolute atomic E-state index is 0.0394. The third-order valence-corrected chi connectivity index (χ3v) is 7.41. The number of anilines is 1. The number of aryl methyl sites for hydroxylation is 2. The maximum absolute atomic E-state index is 13.3. The molecule has 0 radical (unpaired) electrons. The molecule has 0 saturated carbocycles. The van der Waals surface area contributed by atoms with Crippen molar-refractivity contribution < 1.29 is 28.3 Å². The summed E-state index contributed by atoms with van der Waals surface area (Å²) in [7, 11) is 0. The summed E-state index contributed by atoms with van der Waals surface area (Å²) >= 11 is 0. The minimum Gasteiger partial charge on any atom is -0.460 e. The van der Waals surface area contributed by atoms with Crippen molar-refractivity contribution >= 4 is 34.4 Å². The molecule has 0 aliphatic carbocycles. The number of rotatable bonds is 6. The van der Waals surface area contributed by atoms with E-state index >= 15 is 0 Å². The average molecular weight is 574 g/mol. The lowest BCUT2D eigenvalue weighted by Gasteiger charge is -2.17. The summed E-state index contributed by atoms with van der Waals surface area (Å²) in [5, 5.41) is 0.257. The van der Waals surface area contributed by atoms with Gasteiger partial charge in [-0.1, -0.05) is 44.2 Å². The molecule has 4 aromatic carbocycles. The molecule has 0 spiro atoms. The van der Waals surface area contributed by atoms with Crippen molar-refractivity contribution in [2.24, 2.45) is 0 Å². The van der Waals surface area contributed by atoms with E-state index in [0.29, 0.717) is 11.4 Å². The van der Waals surface area contributed by atoms with Crippen molar-refractivity contribution in [2.45, 2.75) is 33.6 Å². The fourth-order valence-electron chi connectivity index (χ4n) is 5.11. The Balaban J connectivity index is 1.23. The summed E-state index contributed by atoms with van der Waals surface area (Å²) in [6.07, 6.45) is 1.23. The summed E-state index contributed by atoms with van der Waals surface area (Å²) in [6.45, 7) is 7.78. The number of hydrogen-bond donors (Lipinski definition) is 0. The zero-order valence-electron chi connectivity index (χ0n) is 24.0. The van der Waals surface area contributed by atoms with E-state index in [1.165, 1.54) is 42.7 Å². The first-order chi connectivity index (χ1) is 20.6. The zero-order valence-corrected chi connectivity index (χ0v) is 24.0. The summed E-state index contributed by atoms with van der Waals surface area (Å²) < 4.78 is 17.1. The van der Waals surface area contributed by atoms with Crippen LogP contribution in [0, 0.1) is 13.8 Å². The van der Waals surface area contributed by atoms with Crippen molar-refractivity contribution in [1.82, 2.24) is 0 Å². The number of carbonyl (C=O) groups is 3. The fraction of sp³-hybridized carbons (Fsp3) is 0.143. The van der Waals surface area contributed by atoms with Gasteiger partial charge in [0.2, 0.25) is 11.2 Å². The van der Waals surface area contributed by atoms with E-state index in [9.17, 15) is 19.2 Å². The number of imide groups is 1. The van der Waals surface area contributed by atoms with Gasteiger partial charge >= 0.3 is 5.97 Å². The highest BCUT2D eigenvalue weighted by Crippen LogP contribution is 2.33. The Morgan fingerprint density at radius 1 is 0.814 bits per heavy atom. The normalized spacial score (nSPS) is 12.6. The van der Waals surface area contributed by atoms with E-state index in [-0.39, 0.29) is 50.5 Å². The highest BCUT2D eigenvalue weighted by molar-refractivity contribution is 6.35. The van der Waals surface area contributed by atoms with Gasteiger partial charge in [-0.15, -0.1) is 0 Å². The molecule has 2 heterocycles. The number of ether oxygens (including phenoxy) is 2. The molecule has 5 aromatic rings. The molecule has 0 saturated heterocycles. The van der Waals surface area contributed by atoms with E-state index in [4.69, 9.17) is 13.9 Å². The van der Waals surface area contributed by atoms with Crippen LogP contribution in [0.4, 0.5) is 5.69 Å². The summed E-state index contributed by atoms with van der Waals surface area (Å²) in [5.74, 6) is -0.751. The number of para-hydroxylation sites is 1. The second kappa shape index (κ2) is 10.7. The first-order valence-electron chi connectivity index (χ1n) is 13.8. The highest BCUT2D eigenvalue weighted by atomic mass is 16.5. The van der Waals surface area contributed by atoms with Crippen LogP contribution in [-0.4, -0.2) is 17.8 Å². The lowest BCUT2D eigenvalue weighted by atomic mass is 10.0. The first-order valence-corrected chi connectivity index (χ1v) is 13.8. The second-order valence-electron chi connectivity index (χ2n) is 10.8. The molecular weight excluding hydrogens is 546 g/mol. The maximum atomic E-state index is 13.3. The molecule has 0 unspecified atom stereocenters. The van der Waals surface area contributed by atoms with Gasteiger partial charge in [0.05, 0.1) is 27.8 Å². The van der Waals surface area contributed by atoms with Gasteiger partial charge in [-0.3, -0.25) is 14.4 Å². The fourth-order valence-corrected chi connectivity index (χ4v) is 5.11. The quantitative estimate of drug-likeness (QED) is 0.119. The van der Waals surface area contributed by atoms with Crippen molar-refractivity contribution in [3.05, 3.63) is 129 Å². The number of carbonyl (C=O) groups excluding carboxylic acids is 3. The van der Waals surface area contributed by atoms with E-state index in [1.807, 2.05) is 58.0 Å². The topological polar surface area (TPSA) is 103 Å². The largest absolute Gasteiger partial charge is 0.460 e. The minimum atomic E-state index is -0.736. The Bertz CT molecular complexity index is 2020. The predicted octanol–water partition coefficient (Wildman–Crippen LogP) is 7.35. The standard InChI is InChI=1S/C35H27NO7/c1-19(2)24-7-5-6-8-29(24)43-31-18-41-30-17-23(12-14-26(30)32(31)37)42-35(40)22-11-13-25-27(16-22)34(39)36(33(25)38)28-15-20(3)9-10-21(28)4/h5-19H,1-4H3. The average Bonchev–Trinajstić information content (AvgIpc) is 3.24. The Labute approximate surface area is 247 Å². The van der Waals surface area contributed by atoms with Gasteiger partial charge < -0.3 is 13.9 Å². The van der Waals surface area contributed by atoms with Gasteiger partial charge in [0.25, 0.3) is 11.8 Å². The zero-order chi connectivity index (χ0) is 30.4. The van der Waals surface area contributed by atoms with Crippen LogP contribution in [0.2, 0.25) is 0 Å². The van der Waals surface area contributed by atoms with Crippen LogP contribution < -0.4 is 19.8 Å². The van der Waals surface area contributed by atoms with Crippen LogP contribution >= 0.6 is 0 Å². The van der Waals surface area contributed by atoms with Gasteiger partial charge in [0, 0.05) is 6.07 Å². The summed E-state index contributed by atoms with van der Waals surface area (Å²) in [4.78, 5) is 53.7. The van der Waals surface area contributed by atoms with Crippen LogP contribution in [-0.2, 0) is 0 Å². The Hall–Kier alpha value is -5.50. The molecule has 1 aliphatic rings. The molecule has 0 bridgehead atoms. The smallest absolute Gasteiger partial charge is 0.343 e. The molecule has 0 N–H and O–H groups in total. The maximum Gasteiger partial charge on any atom is 0.343 e. The number of benzene rings is 4. The molecule has 2 amide bonds. The first kappa shape index (κ1) is 27.7. The Morgan fingerprint density at radius 3 is 2.37 bits per heavy atom. The van der Waals surface area contributed by atoms with Gasteiger partial charge in [0.15, 0.2) is 0 Å². The highest BCUT2D eigenvalue weighted by Gasteiger charge is 2.38. The lowest BCUT2D eigenvalue weighted by Crippen LogP contribution is -2.30. The molecule has 8 nitrogen and oxygen atoms in total. The van der Waals surface area contributed by atoms with Gasteiger partial charge in [-0.25, -0.2) is 9.69 Å². The van der Waals surface area contributed by atoms with Crippen molar-refractivity contribution in [3.8, 4) is 17.2 Å². The van der Waals surface area contributed by atoms with Crippen LogP contribution in [0.5, 0.6) is 17.2 Å². The second-order valence-corrected chi connectivity index (χ2v) is 10.8. The molecule has 214 valence electrons. The molecule has 0 atom stereocenters.